The lowest BCUT2D eigenvalue weighted by Crippen LogP contribution is -2.48. The molecule has 1 unspecified atom stereocenters. The molecule has 2 nitrogen and oxygen atoms in total. The smallest absolute Gasteiger partial charge is 0.0280 e. The van der Waals surface area contributed by atoms with Crippen molar-refractivity contribution >= 4 is 0 Å². The second-order valence-corrected chi connectivity index (χ2v) is 5.69. The minimum absolute atomic E-state index is 0.0469. The summed E-state index contributed by atoms with van der Waals surface area (Å²) in [7, 11) is 0. The molecule has 0 radical (unpaired) electrons. The van der Waals surface area contributed by atoms with E-state index in [1.165, 1.54) is 25.7 Å². The highest BCUT2D eigenvalue weighted by molar-refractivity contribution is 4.98. The summed E-state index contributed by atoms with van der Waals surface area (Å²) in [5.41, 5.74) is 6.87. The monoisotopic (exact) mass is 182 g/mol. The molecule has 0 aromatic heterocycles. The standard InChI is InChI=1S/C11H22N2/c1-10(5-6-10)7-13-8-11(2,12)9-3-4-9/h9,13H,3-8,12H2,1-2H3. The second-order valence-electron chi connectivity index (χ2n) is 5.69. The molecule has 2 aliphatic carbocycles. The molecule has 0 aromatic rings. The van der Waals surface area contributed by atoms with Gasteiger partial charge in [0.15, 0.2) is 0 Å². The van der Waals surface area contributed by atoms with Crippen LogP contribution in [0.1, 0.15) is 39.5 Å². The number of hydrogen-bond donors (Lipinski definition) is 2. The van der Waals surface area contributed by atoms with Gasteiger partial charge in [0.05, 0.1) is 0 Å². The second kappa shape index (κ2) is 2.96. The van der Waals surface area contributed by atoms with Crippen molar-refractivity contribution in [1.29, 1.82) is 0 Å². The normalized spacial score (nSPS) is 29.8. The molecule has 0 spiro atoms. The van der Waals surface area contributed by atoms with Crippen LogP contribution < -0.4 is 11.1 Å². The van der Waals surface area contributed by atoms with Gasteiger partial charge < -0.3 is 11.1 Å². The number of hydrogen-bond acceptors (Lipinski definition) is 2. The highest BCUT2D eigenvalue weighted by Crippen LogP contribution is 2.44. The van der Waals surface area contributed by atoms with Gasteiger partial charge in [0, 0.05) is 18.6 Å². The Kier molecular flexibility index (Phi) is 2.16. The van der Waals surface area contributed by atoms with Crippen molar-refractivity contribution in [3.05, 3.63) is 0 Å². The third kappa shape index (κ3) is 2.44. The maximum atomic E-state index is 6.21. The van der Waals surface area contributed by atoms with Crippen molar-refractivity contribution in [2.75, 3.05) is 13.1 Å². The van der Waals surface area contributed by atoms with E-state index < -0.39 is 0 Å². The molecule has 3 N–H and O–H groups in total. The molecule has 2 aliphatic rings. The SMILES string of the molecule is CC1(CNCC(C)(N)C2CC2)CC1. The molecule has 76 valence electrons. The van der Waals surface area contributed by atoms with Crippen LogP contribution in [0, 0.1) is 11.3 Å². The van der Waals surface area contributed by atoms with E-state index in [2.05, 4.69) is 19.2 Å². The van der Waals surface area contributed by atoms with E-state index in [4.69, 9.17) is 5.73 Å². The highest BCUT2D eigenvalue weighted by atomic mass is 15.0. The summed E-state index contributed by atoms with van der Waals surface area (Å²) >= 11 is 0. The fourth-order valence-electron chi connectivity index (χ4n) is 1.91. The third-order valence-electron chi connectivity index (χ3n) is 3.67. The number of rotatable bonds is 5. The van der Waals surface area contributed by atoms with E-state index >= 15 is 0 Å². The molecule has 2 saturated carbocycles. The average Bonchev–Trinajstić information content (AvgIpc) is 2.80. The molecule has 0 heterocycles. The van der Waals surface area contributed by atoms with Gasteiger partial charge in [-0.25, -0.2) is 0 Å². The van der Waals surface area contributed by atoms with Crippen molar-refractivity contribution in [3.63, 3.8) is 0 Å². The third-order valence-corrected chi connectivity index (χ3v) is 3.67. The molecular weight excluding hydrogens is 160 g/mol. The van der Waals surface area contributed by atoms with Gasteiger partial charge in [0.25, 0.3) is 0 Å². The van der Waals surface area contributed by atoms with E-state index in [0.29, 0.717) is 5.41 Å². The fraction of sp³-hybridized carbons (Fsp3) is 1.00. The molecule has 13 heavy (non-hydrogen) atoms. The molecule has 2 fully saturated rings. The van der Waals surface area contributed by atoms with Gasteiger partial charge in [-0.3, -0.25) is 0 Å². The highest BCUT2D eigenvalue weighted by Gasteiger charge is 2.40. The Hall–Kier alpha value is -0.0800. The quantitative estimate of drug-likeness (QED) is 0.676. The van der Waals surface area contributed by atoms with Crippen LogP contribution in [0.5, 0.6) is 0 Å². The molecule has 0 aromatic carbocycles. The van der Waals surface area contributed by atoms with E-state index in [1.54, 1.807) is 0 Å². The van der Waals surface area contributed by atoms with Crippen LogP contribution >= 0.6 is 0 Å². The van der Waals surface area contributed by atoms with Crippen LogP contribution in [-0.2, 0) is 0 Å². The van der Waals surface area contributed by atoms with Gasteiger partial charge in [-0.1, -0.05) is 6.92 Å². The van der Waals surface area contributed by atoms with Gasteiger partial charge in [-0.15, -0.1) is 0 Å². The maximum Gasteiger partial charge on any atom is 0.0280 e. The summed E-state index contributed by atoms with van der Waals surface area (Å²) in [5, 5.41) is 3.52. The first kappa shape index (κ1) is 9.47. The van der Waals surface area contributed by atoms with Gasteiger partial charge in [0.1, 0.15) is 0 Å². The summed E-state index contributed by atoms with van der Waals surface area (Å²) in [6.07, 6.45) is 5.47. The van der Waals surface area contributed by atoms with Gasteiger partial charge in [0.2, 0.25) is 0 Å². The summed E-state index contributed by atoms with van der Waals surface area (Å²) < 4.78 is 0. The largest absolute Gasteiger partial charge is 0.324 e. The van der Waals surface area contributed by atoms with Crippen molar-refractivity contribution in [3.8, 4) is 0 Å². The summed E-state index contributed by atoms with van der Waals surface area (Å²) in [5.74, 6) is 0.784. The molecule has 0 amide bonds. The van der Waals surface area contributed by atoms with Gasteiger partial charge >= 0.3 is 0 Å². The zero-order valence-electron chi connectivity index (χ0n) is 8.90. The van der Waals surface area contributed by atoms with Crippen molar-refractivity contribution < 1.29 is 0 Å². The van der Waals surface area contributed by atoms with Crippen molar-refractivity contribution in [1.82, 2.24) is 5.32 Å². The minimum Gasteiger partial charge on any atom is -0.324 e. The van der Waals surface area contributed by atoms with Crippen LogP contribution in [-0.4, -0.2) is 18.6 Å². The molecule has 1 atom stereocenters. The van der Waals surface area contributed by atoms with E-state index in [1.807, 2.05) is 0 Å². The van der Waals surface area contributed by atoms with Crippen LogP contribution in [0.4, 0.5) is 0 Å². The minimum atomic E-state index is 0.0469. The summed E-state index contributed by atoms with van der Waals surface area (Å²) in [6, 6.07) is 0. The Morgan fingerprint density at radius 1 is 1.46 bits per heavy atom. The first-order valence-electron chi connectivity index (χ1n) is 5.52. The van der Waals surface area contributed by atoms with E-state index in [9.17, 15) is 0 Å². The zero-order chi connectivity index (χ0) is 9.53. The molecule has 2 rings (SSSR count). The lowest BCUT2D eigenvalue weighted by molar-refractivity contribution is 0.362. The average molecular weight is 182 g/mol. The van der Waals surface area contributed by atoms with Crippen LogP contribution in [0.2, 0.25) is 0 Å². The fourth-order valence-corrected chi connectivity index (χ4v) is 1.91. The van der Waals surface area contributed by atoms with E-state index in [0.717, 1.165) is 19.0 Å². The Balaban J connectivity index is 1.66. The first-order chi connectivity index (χ1) is 6.02. The summed E-state index contributed by atoms with van der Waals surface area (Å²) in [4.78, 5) is 0. The van der Waals surface area contributed by atoms with Gasteiger partial charge in [-0.05, 0) is 43.9 Å². The van der Waals surface area contributed by atoms with Crippen LogP contribution in [0.15, 0.2) is 0 Å². The summed E-state index contributed by atoms with van der Waals surface area (Å²) in [6.45, 7) is 6.69. The lowest BCUT2D eigenvalue weighted by atomic mass is 9.97. The predicted octanol–water partition coefficient (Wildman–Crippen LogP) is 1.50. The predicted molar refractivity (Wildman–Crippen MR) is 55.5 cm³/mol. The molecule has 0 aliphatic heterocycles. The number of nitrogens with two attached hydrogens (primary N) is 1. The van der Waals surface area contributed by atoms with Crippen LogP contribution in [0.25, 0.3) is 0 Å². The molecule has 2 heteroatoms. The lowest BCUT2D eigenvalue weighted by Gasteiger charge is -2.25. The van der Waals surface area contributed by atoms with Crippen molar-refractivity contribution in [2.24, 2.45) is 17.1 Å². The first-order valence-corrected chi connectivity index (χ1v) is 5.52. The van der Waals surface area contributed by atoms with Gasteiger partial charge in [-0.2, -0.15) is 0 Å². The molecule has 0 bridgehead atoms. The van der Waals surface area contributed by atoms with E-state index in [-0.39, 0.29) is 5.54 Å². The molecule has 0 saturated heterocycles. The maximum absolute atomic E-state index is 6.21. The zero-order valence-corrected chi connectivity index (χ0v) is 8.90. The van der Waals surface area contributed by atoms with Crippen molar-refractivity contribution in [2.45, 2.75) is 45.1 Å². The Bertz CT molecular complexity index is 190. The molecular formula is C11H22N2. The van der Waals surface area contributed by atoms with Crippen LogP contribution in [0.3, 0.4) is 0 Å². The topological polar surface area (TPSA) is 38.0 Å². The Morgan fingerprint density at radius 3 is 2.54 bits per heavy atom. The Labute approximate surface area is 81.3 Å². The Morgan fingerprint density at radius 2 is 2.08 bits per heavy atom. The number of nitrogens with one attached hydrogen (secondary N) is 1.